The van der Waals surface area contributed by atoms with E-state index in [0.717, 1.165) is 17.7 Å². The molecule has 0 aliphatic carbocycles. The van der Waals surface area contributed by atoms with Crippen LogP contribution in [0.15, 0.2) is 42.5 Å². The lowest BCUT2D eigenvalue weighted by Crippen LogP contribution is -2.51. The molecule has 1 saturated heterocycles. The lowest BCUT2D eigenvalue weighted by molar-refractivity contribution is -0.131. The van der Waals surface area contributed by atoms with Crippen molar-refractivity contribution in [1.82, 2.24) is 9.80 Å². The number of carbonyl (C=O) groups is 2. The highest BCUT2D eigenvalue weighted by molar-refractivity contribution is 5.94. The number of halogens is 2. The summed E-state index contributed by atoms with van der Waals surface area (Å²) in [4.78, 5) is 28.1. The molecular formula is C20H20F2N2O3. The molecule has 1 heterocycles. The standard InChI is InChI=1S/C20H20F2N2O3/c1-27-16-4-2-3-14(11-16)12-19(25)23-7-9-24(10-8-23)20(26)17-6-5-15(21)13-18(17)22/h2-6,11,13H,7-10,12H2,1H3. The van der Waals surface area contributed by atoms with E-state index in [1.54, 1.807) is 12.0 Å². The van der Waals surface area contributed by atoms with Crippen LogP contribution in [0.2, 0.25) is 0 Å². The van der Waals surface area contributed by atoms with E-state index in [4.69, 9.17) is 4.74 Å². The molecule has 2 aromatic carbocycles. The Labute approximate surface area is 156 Å². The van der Waals surface area contributed by atoms with Crippen LogP contribution in [0.1, 0.15) is 15.9 Å². The summed E-state index contributed by atoms with van der Waals surface area (Å²) in [6, 6.07) is 10.2. The van der Waals surface area contributed by atoms with Crippen molar-refractivity contribution in [3.63, 3.8) is 0 Å². The van der Waals surface area contributed by atoms with Gasteiger partial charge < -0.3 is 14.5 Å². The lowest BCUT2D eigenvalue weighted by Gasteiger charge is -2.35. The monoisotopic (exact) mass is 374 g/mol. The largest absolute Gasteiger partial charge is 0.497 e. The first-order valence-corrected chi connectivity index (χ1v) is 8.63. The predicted molar refractivity (Wildman–Crippen MR) is 95.5 cm³/mol. The first-order valence-electron chi connectivity index (χ1n) is 8.63. The van der Waals surface area contributed by atoms with Gasteiger partial charge in [-0.1, -0.05) is 12.1 Å². The van der Waals surface area contributed by atoms with Crippen LogP contribution in [-0.2, 0) is 11.2 Å². The molecule has 0 N–H and O–H groups in total. The van der Waals surface area contributed by atoms with Crippen molar-refractivity contribution < 1.29 is 23.1 Å². The fourth-order valence-electron chi connectivity index (χ4n) is 3.06. The number of amides is 2. The minimum Gasteiger partial charge on any atom is -0.497 e. The summed E-state index contributed by atoms with van der Waals surface area (Å²) in [5, 5.41) is 0. The molecule has 1 fully saturated rings. The third kappa shape index (κ3) is 4.42. The third-order valence-corrected chi connectivity index (χ3v) is 4.57. The molecule has 1 aliphatic rings. The molecule has 7 heteroatoms. The summed E-state index contributed by atoms with van der Waals surface area (Å²) in [6.45, 7) is 1.35. The summed E-state index contributed by atoms with van der Waals surface area (Å²) >= 11 is 0. The first-order chi connectivity index (χ1) is 13.0. The van der Waals surface area contributed by atoms with Gasteiger partial charge in [0, 0.05) is 32.2 Å². The molecule has 5 nitrogen and oxygen atoms in total. The Kier molecular flexibility index (Phi) is 5.69. The maximum atomic E-state index is 13.8. The zero-order chi connectivity index (χ0) is 19.4. The van der Waals surface area contributed by atoms with E-state index in [0.29, 0.717) is 38.0 Å². The molecule has 2 amide bonds. The van der Waals surface area contributed by atoms with Crippen molar-refractivity contribution in [2.45, 2.75) is 6.42 Å². The van der Waals surface area contributed by atoms with Gasteiger partial charge in [0.05, 0.1) is 19.1 Å². The van der Waals surface area contributed by atoms with Crippen molar-refractivity contribution in [2.24, 2.45) is 0 Å². The Morgan fingerprint density at radius 3 is 2.37 bits per heavy atom. The topological polar surface area (TPSA) is 49.9 Å². The number of nitrogens with zero attached hydrogens (tertiary/aromatic N) is 2. The van der Waals surface area contributed by atoms with Crippen molar-refractivity contribution >= 4 is 11.8 Å². The first kappa shape index (κ1) is 18.8. The van der Waals surface area contributed by atoms with E-state index in [-0.39, 0.29) is 17.9 Å². The maximum Gasteiger partial charge on any atom is 0.256 e. The normalized spacial score (nSPS) is 14.2. The molecule has 3 rings (SSSR count). The predicted octanol–water partition coefficient (Wildman–Crippen LogP) is 2.50. The Hall–Kier alpha value is -2.96. The van der Waals surface area contributed by atoms with E-state index in [2.05, 4.69) is 0 Å². The SMILES string of the molecule is COc1cccc(CC(=O)N2CCN(C(=O)c3ccc(F)cc3F)CC2)c1. The number of hydrogen-bond donors (Lipinski definition) is 0. The van der Waals surface area contributed by atoms with Gasteiger partial charge in [0.2, 0.25) is 5.91 Å². The van der Waals surface area contributed by atoms with Crippen LogP contribution >= 0.6 is 0 Å². The van der Waals surface area contributed by atoms with Gasteiger partial charge in [-0.25, -0.2) is 8.78 Å². The molecule has 142 valence electrons. The summed E-state index contributed by atoms with van der Waals surface area (Å²) in [5.74, 6) is -1.44. The van der Waals surface area contributed by atoms with Crippen LogP contribution in [0.25, 0.3) is 0 Å². The molecule has 0 atom stereocenters. The molecule has 0 saturated carbocycles. The van der Waals surface area contributed by atoms with E-state index >= 15 is 0 Å². The van der Waals surface area contributed by atoms with Crippen LogP contribution in [-0.4, -0.2) is 54.9 Å². The van der Waals surface area contributed by atoms with Gasteiger partial charge in [0.1, 0.15) is 17.4 Å². The molecule has 1 aliphatic heterocycles. The Bertz CT molecular complexity index is 849. The molecule has 0 spiro atoms. The highest BCUT2D eigenvalue weighted by Crippen LogP contribution is 2.16. The van der Waals surface area contributed by atoms with Crippen molar-refractivity contribution in [3.8, 4) is 5.75 Å². The molecule has 0 bridgehead atoms. The Morgan fingerprint density at radius 1 is 1.00 bits per heavy atom. The Balaban J connectivity index is 1.57. The molecule has 0 aromatic heterocycles. The van der Waals surface area contributed by atoms with Gasteiger partial charge in [-0.15, -0.1) is 0 Å². The second kappa shape index (κ2) is 8.16. The number of benzene rings is 2. The minimum atomic E-state index is -0.878. The molecular weight excluding hydrogens is 354 g/mol. The number of hydrogen-bond acceptors (Lipinski definition) is 3. The average molecular weight is 374 g/mol. The van der Waals surface area contributed by atoms with Crippen LogP contribution in [0.5, 0.6) is 5.75 Å². The van der Waals surface area contributed by atoms with E-state index in [9.17, 15) is 18.4 Å². The Morgan fingerprint density at radius 2 is 1.70 bits per heavy atom. The van der Waals surface area contributed by atoms with Crippen LogP contribution in [0, 0.1) is 11.6 Å². The molecule has 27 heavy (non-hydrogen) atoms. The van der Waals surface area contributed by atoms with Gasteiger partial charge in [0.25, 0.3) is 5.91 Å². The fraction of sp³-hybridized carbons (Fsp3) is 0.300. The number of piperazine rings is 1. The van der Waals surface area contributed by atoms with Crippen molar-refractivity contribution in [3.05, 3.63) is 65.2 Å². The zero-order valence-electron chi connectivity index (χ0n) is 15.0. The number of carbonyl (C=O) groups excluding carboxylic acids is 2. The van der Waals surface area contributed by atoms with Crippen LogP contribution < -0.4 is 4.74 Å². The number of methoxy groups -OCH3 is 1. The van der Waals surface area contributed by atoms with Crippen molar-refractivity contribution in [1.29, 1.82) is 0 Å². The van der Waals surface area contributed by atoms with E-state index in [1.165, 1.54) is 4.90 Å². The number of ether oxygens (including phenoxy) is 1. The fourth-order valence-corrected chi connectivity index (χ4v) is 3.06. The summed E-state index contributed by atoms with van der Waals surface area (Å²) in [7, 11) is 1.57. The second-order valence-corrected chi connectivity index (χ2v) is 6.33. The van der Waals surface area contributed by atoms with Gasteiger partial charge >= 0.3 is 0 Å². The summed E-state index contributed by atoms with van der Waals surface area (Å²) in [5.41, 5.74) is 0.693. The van der Waals surface area contributed by atoms with Gasteiger partial charge in [-0.2, -0.15) is 0 Å². The smallest absolute Gasteiger partial charge is 0.256 e. The third-order valence-electron chi connectivity index (χ3n) is 4.57. The van der Waals surface area contributed by atoms with Crippen molar-refractivity contribution in [2.75, 3.05) is 33.3 Å². The second-order valence-electron chi connectivity index (χ2n) is 6.33. The summed E-state index contributed by atoms with van der Waals surface area (Å²) < 4.78 is 32.0. The lowest BCUT2D eigenvalue weighted by atomic mass is 10.1. The number of rotatable bonds is 4. The molecule has 2 aromatic rings. The molecule has 0 radical (unpaired) electrons. The van der Waals surface area contributed by atoms with Crippen LogP contribution in [0.4, 0.5) is 8.78 Å². The quantitative estimate of drug-likeness (QED) is 0.826. The van der Waals surface area contributed by atoms with Crippen LogP contribution in [0.3, 0.4) is 0 Å². The van der Waals surface area contributed by atoms with Gasteiger partial charge in [-0.05, 0) is 29.8 Å². The molecule has 0 unspecified atom stereocenters. The average Bonchev–Trinajstić information content (AvgIpc) is 2.68. The highest BCUT2D eigenvalue weighted by atomic mass is 19.1. The maximum absolute atomic E-state index is 13.8. The van der Waals surface area contributed by atoms with Gasteiger partial charge in [-0.3, -0.25) is 9.59 Å². The van der Waals surface area contributed by atoms with E-state index in [1.807, 2.05) is 24.3 Å². The minimum absolute atomic E-state index is 0.0386. The summed E-state index contributed by atoms with van der Waals surface area (Å²) in [6.07, 6.45) is 0.248. The highest BCUT2D eigenvalue weighted by Gasteiger charge is 2.26. The van der Waals surface area contributed by atoms with Gasteiger partial charge in [0.15, 0.2) is 0 Å². The zero-order valence-corrected chi connectivity index (χ0v) is 15.0. The van der Waals surface area contributed by atoms with E-state index < -0.39 is 17.5 Å².